The van der Waals surface area contributed by atoms with Crippen LogP contribution in [0.25, 0.3) is 0 Å². The number of hydrogen-bond acceptors (Lipinski definition) is 5. The van der Waals surface area contributed by atoms with Gasteiger partial charge in [-0.25, -0.2) is 10.4 Å². The van der Waals surface area contributed by atoms with Crippen molar-refractivity contribution in [3.8, 4) is 5.75 Å². The molecule has 1 heterocycles. The number of hydrazone groups is 1. The van der Waals surface area contributed by atoms with Gasteiger partial charge in [-0.15, -0.1) is 0 Å². The predicted octanol–water partition coefficient (Wildman–Crippen LogP) is 2.60. The van der Waals surface area contributed by atoms with Crippen molar-refractivity contribution < 1.29 is 14.3 Å². The maximum atomic E-state index is 11.9. The molecule has 0 bridgehead atoms. The highest BCUT2D eigenvalue weighted by Gasteiger charge is 2.07. The van der Waals surface area contributed by atoms with Gasteiger partial charge in [0.1, 0.15) is 11.6 Å². The Balaban J connectivity index is 1.75. The number of nitrogens with one attached hydrogen (secondary N) is 2. The Bertz CT molecular complexity index is 801. The molecule has 1 aromatic carbocycles. The van der Waals surface area contributed by atoms with Gasteiger partial charge in [0, 0.05) is 11.9 Å². The van der Waals surface area contributed by atoms with Crippen LogP contribution in [-0.4, -0.2) is 29.1 Å². The Morgan fingerprint density at radius 3 is 2.50 bits per heavy atom. The van der Waals surface area contributed by atoms with Crippen LogP contribution in [0.5, 0.6) is 5.75 Å². The molecule has 2 aromatic rings. The number of carbonyl (C=O) groups excluding carboxylic acids is 2. The lowest BCUT2D eigenvalue weighted by Crippen LogP contribution is -2.26. The lowest BCUT2D eigenvalue weighted by Gasteiger charge is -2.07. The summed E-state index contributed by atoms with van der Waals surface area (Å²) in [4.78, 5) is 27.8. The van der Waals surface area contributed by atoms with Gasteiger partial charge in [0.2, 0.25) is 5.91 Å². The van der Waals surface area contributed by atoms with Crippen LogP contribution < -0.4 is 15.5 Å². The fourth-order valence-corrected chi connectivity index (χ4v) is 2.04. The zero-order chi connectivity index (χ0) is 18.9. The van der Waals surface area contributed by atoms with E-state index < -0.39 is 5.91 Å². The van der Waals surface area contributed by atoms with Gasteiger partial charge < -0.3 is 10.1 Å². The second-order valence-electron chi connectivity index (χ2n) is 5.93. The third-order valence-corrected chi connectivity index (χ3v) is 3.36. The average Bonchev–Trinajstić information content (AvgIpc) is 2.59. The Morgan fingerprint density at radius 1 is 1.08 bits per heavy atom. The van der Waals surface area contributed by atoms with Crippen molar-refractivity contribution in [3.63, 3.8) is 0 Å². The first-order valence-corrected chi connectivity index (χ1v) is 8.16. The van der Waals surface area contributed by atoms with Crippen molar-refractivity contribution in [2.24, 2.45) is 5.10 Å². The monoisotopic (exact) mass is 354 g/mol. The zero-order valence-electron chi connectivity index (χ0n) is 15.1. The van der Waals surface area contributed by atoms with Crippen LogP contribution >= 0.6 is 0 Å². The van der Waals surface area contributed by atoms with Crippen LogP contribution in [-0.2, 0) is 9.59 Å². The minimum atomic E-state index is -0.398. The number of pyridine rings is 1. The summed E-state index contributed by atoms with van der Waals surface area (Å²) >= 11 is 0. The summed E-state index contributed by atoms with van der Waals surface area (Å²) in [6.45, 7) is 5.39. The molecule has 1 aromatic heterocycles. The van der Waals surface area contributed by atoms with Crippen LogP contribution in [0.1, 0.15) is 24.5 Å². The van der Waals surface area contributed by atoms with Crippen LogP contribution in [0, 0.1) is 13.8 Å². The highest BCUT2D eigenvalue weighted by atomic mass is 16.5. The number of aryl methyl sites for hydroxylation is 2. The predicted molar refractivity (Wildman–Crippen MR) is 100 cm³/mol. The van der Waals surface area contributed by atoms with E-state index in [2.05, 4.69) is 20.8 Å². The summed E-state index contributed by atoms with van der Waals surface area (Å²) < 4.78 is 5.36. The third-order valence-electron chi connectivity index (χ3n) is 3.36. The van der Waals surface area contributed by atoms with E-state index >= 15 is 0 Å². The Morgan fingerprint density at radius 2 is 1.81 bits per heavy atom. The summed E-state index contributed by atoms with van der Waals surface area (Å²) in [7, 11) is 0. The summed E-state index contributed by atoms with van der Waals surface area (Å²) in [5, 5.41) is 6.59. The summed E-state index contributed by atoms with van der Waals surface area (Å²) in [5.41, 5.74) is 4.96. The van der Waals surface area contributed by atoms with Crippen molar-refractivity contribution in [3.05, 3.63) is 53.7 Å². The molecule has 0 spiro atoms. The molecule has 0 saturated carbocycles. The first-order chi connectivity index (χ1) is 12.4. The van der Waals surface area contributed by atoms with Crippen molar-refractivity contribution in [2.45, 2.75) is 27.2 Å². The number of hydrogen-bond donors (Lipinski definition) is 2. The van der Waals surface area contributed by atoms with E-state index in [-0.39, 0.29) is 18.9 Å². The number of anilines is 1. The van der Waals surface area contributed by atoms with Gasteiger partial charge in [-0.1, -0.05) is 17.7 Å². The normalized spacial score (nSPS) is 11.0. The molecule has 0 radical (unpaired) electrons. The number of aromatic nitrogens is 1. The van der Waals surface area contributed by atoms with Crippen LogP contribution in [0.15, 0.2) is 47.7 Å². The molecule has 0 aliphatic heterocycles. The molecule has 0 atom stereocenters. The fourth-order valence-electron chi connectivity index (χ4n) is 2.04. The van der Waals surface area contributed by atoms with E-state index in [0.717, 1.165) is 11.1 Å². The lowest BCUT2D eigenvalue weighted by molar-refractivity contribution is -0.123. The third kappa shape index (κ3) is 6.72. The molecule has 2 rings (SSSR count). The van der Waals surface area contributed by atoms with Crippen LogP contribution in [0.2, 0.25) is 0 Å². The molecular formula is C19H22N4O3. The van der Waals surface area contributed by atoms with Gasteiger partial charge in [-0.05, 0) is 50.6 Å². The second kappa shape index (κ2) is 9.31. The molecule has 0 saturated heterocycles. The molecule has 7 nitrogen and oxygen atoms in total. The van der Waals surface area contributed by atoms with Gasteiger partial charge >= 0.3 is 0 Å². The van der Waals surface area contributed by atoms with E-state index in [1.807, 2.05) is 32.0 Å². The average molecular weight is 354 g/mol. The first kappa shape index (κ1) is 19.1. The Kier molecular flexibility index (Phi) is 6.84. The van der Waals surface area contributed by atoms with Gasteiger partial charge in [0.25, 0.3) is 5.91 Å². The van der Waals surface area contributed by atoms with Crippen molar-refractivity contribution in [1.29, 1.82) is 0 Å². The first-order valence-electron chi connectivity index (χ1n) is 8.16. The highest BCUT2D eigenvalue weighted by molar-refractivity contribution is 6.05. The van der Waals surface area contributed by atoms with Crippen molar-refractivity contribution in [1.82, 2.24) is 10.4 Å². The molecule has 7 heteroatoms. The minimum absolute atomic E-state index is 0.0503. The van der Waals surface area contributed by atoms with Crippen LogP contribution in [0.4, 0.5) is 5.82 Å². The maximum absolute atomic E-state index is 11.9. The number of benzene rings is 1. The summed E-state index contributed by atoms with van der Waals surface area (Å²) in [5.74, 6) is 0.440. The standard InChI is InChI=1S/C19H22N4O3/c1-13-4-6-16(7-5-13)26-12-19(25)23-22-15(3)11-18(24)21-17-10-14(2)8-9-20-17/h4-10H,11-12H2,1-3H3,(H,23,25)(H,20,21,24)/b22-15+. The van der Waals surface area contributed by atoms with Crippen molar-refractivity contribution in [2.75, 3.05) is 11.9 Å². The second-order valence-corrected chi connectivity index (χ2v) is 5.93. The number of amides is 2. The van der Waals surface area contributed by atoms with E-state index in [1.165, 1.54) is 0 Å². The zero-order valence-corrected chi connectivity index (χ0v) is 15.1. The number of ether oxygens (including phenoxy) is 1. The number of carbonyl (C=O) groups is 2. The fraction of sp³-hybridized carbons (Fsp3) is 0.263. The smallest absolute Gasteiger partial charge is 0.277 e. The Labute approximate surface area is 152 Å². The van der Waals surface area contributed by atoms with Crippen LogP contribution in [0.3, 0.4) is 0 Å². The summed E-state index contributed by atoms with van der Waals surface area (Å²) in [6, 6.07) is 11.0. The van der Waals surface area contributed by atoms with E-state index in [0.29, 0.717) is 17.3 Å². The number of nitrogens with zero attached hydrogens (tertiary/aromatic N) is 2. The maximum Gasteiger partial charge on any atom is 0.277 e. The number of rotatable bonds is 7. The molecule has 0 fully saturated rings. The van der Waals surface area contributed by atoms with E-state index in [4.69, 9.17) is 4.74 Å². The van der Waals surface area contributed by atoms with Gasteiger partial charge in [0.15, 0.2) is 6.61 Å². The van der Waals surface area contributed by atoms with Gasteiger partial charge in [-0.3, -0.25) is 9.59 Å². The topological polar surface area (TPSA) is 92.7 Å². The van der Waals surface area contributed by atoms with Gasteiger partial charge in [0.05, 0.1) is 6.42 Å². The molecule has 0 unspecified atom stereocenters. The largest absolute Gasteiger partial charge is 0.484 e. The lowest BCUT2D eigenvalue weighted by atomic mass is 10.2. The molecule has 0 aliphatic rings. The molecule has 26 heavy (non-hydrogen) atoms. The molecular weight excluding hydrogens is 332 g/mol. The quantitative estimate of drug-likeness (QED) is 0.590. The molecule has 2 amide bonds. The van der Waals surface area contributed by atoms with Crippen molar-refractivity contribution >= 4 is 23.3 Å². The Hall–Kier alpha value is -3.22. The SMILES string of the molecule is C/C(CC(=O)Nc1cc(C)ccn1)=N\NC(=O)COc1ccc(C)cc1. The molecule has 2 N–H and O–H groups in total. The van der Waals surface area contributed by atoms with E-state index in [1.54, 1.807) is 31.3 Å². The molecule has 0 aliphatic carbocycles. The van der Waals surface area contributed by atoms with E-state index in [9.17, 15) is 9.59 Å². The van der Waals surface area contributed by atoms with Gasteiger partial charge in [-0.2, -0.15) is 5.10 Å². The molecule has 136 valence electrons. The minimum Gasteiger partial charge on any atom is -0.484 e. The highest BCUT2D eigenvalue weighted by Crippen LogP contribution is 2.11. The summed E-state index contributed by atoms with van der Waals surface area (Å²) in [6.07, 6.45) is 1.68.